The van der Waals surface area contributed by atoms with E-state index in [0.29, 0.717) is 41.6 Å². The summed E-state index contributed by atoms with van der Waals surface area (Å²) in [5.74, 6) is -0.0515. The fraction of sp³-hybridized carbons (Fsp3) is 0.414. The molecule has 3 N–H and O–H groups in total. The third-order valence-electron chi connectivity index (χ3n) is 6.35. The summed E-state index contributed by atoms with van der Waals surface area (Å²) < 4.78 is 48.4. The van der Waals surface area contributed by atoms with Crippen LogP contribution in [0.1, 0.15) is 80.7 Å². The number of aromatic nitrogens is 4. The topological polar surface area (TPSA) is 120 Å². The van der Waals surface area contributed by atoms with E-state index in [4.69, 9.17) is 15.5 Å². The Morgan fingerprint density at radius 3 is 2.49 bits per heavy atom. The number of hydrogen-bond donors (Lipinski definition) is 2. The van der Waals surface area contributed by atoms with Crippen molar-refractivity contribution in [3.8, 4) is 5.82 Å². The second-order valence-corrected chi connectivity index (χ2v) is 10.8. The van der Waals surface area contributed by atoms with Crippen molar-refractivity contribution >= 4 is 23.3 Å². The van der Waals surface area contributed by atoms with Gasteiger partial charge < -0.3 is 15.8 Å². The van der Waals surface area contributed by atoms with Gasteiger partial charge in [0, 0.05) is 23.9 Å². The van der Waals surface area contributed by atoms with Gasteiger partial charge in [0.05, 0.1) is 5.69 Å². The van der Waals surface area contributed by atoms with Gasteiger partial charge >= 0.3 is 5.97 Å². The van der Waals surface area contributed by atoms with Gasteiger partial charge in [-0.2, -0.15) is 5.10 Å². The van der Waals surface area contributed by atoms with Crippen LogP contribution in [0.4, 0.5) is 19.0 Å². The lowest BCUT2D eigenvalue weighted by Crippen LogP contribution is -2.25. The molecule has 1 aliphatic carbocycles. The first-order valence-electron chi connectivity index (χ1n) is 13.4. The van der Waals surface area contributed by atoms with E-state index in [9.17, 15) is 18.0 Å². The van der Waals surface area contributed by atoms with Gasteiger partial charge in [0.1, 0.15) is 40.7 Å². The fourth-order valence-electron chi connectivity index (χ4n) is 4.18. The molecule has 0 saturated heterocycles. The highest BCUT2D eigenvalue weighted by molar-refractivity contribution is 6.11. The molecule has 1 saturated carbocycles. The standard InChI is InChI=1S/C29H34F3N7O2/c1-6-20(24(33)18-9-11-19(30)12-10-18)27(34-14-17-7-8-17)37-21-13-22(36-15-35-21)39-25(26(31)32)23(16(2)38-39)28(40)41-29(3,4)5/h9-13,15,17,26H,6-8,14,33H2,1-5H3,(H,34,35,36,37)/b24-20-. The summed E-state index contributed by atoms with van der Waals surface area (Å²) in [5.41, 5.74) is 6.52. The normalized spacial score (nSPS) is 14.7. The van der Waals surface area contributed by atoms with E-state index in [0.717, 1.165) is 17.5 Å². The van der Waals surface area contributed by atoms with Gasteiger partial charge in [-0.05, 0) is 82.7 Å². The summed E-state index contributed by atoms with van der Waals surface area (Å²) >= 11 is 0. The number of hydrogen-bond acceptors (Lipinski definition) is 7. The van der Waals surface area contributed by atoms with E-state index in [2.05, 4.69) is 20.4 Å². The third-order valence-corrected chi connectivity index (χ3v) is 6.35. The van der Waals surface area contributed by atoms with Crippen LogP contribution in [0.25, 0.3) is 11.5 Å². The Bertz CT molecular complexity index is 1470. The summed E-state index contributed by atoms with van der Waals surface area (Å²) in [7, 11) is 0. The molecule has 0 aliphatic heterocycles. The number of nitrogens with one attached hydrogen (secondary N) is 1. The molecular weight excluding hydrogens is 535 g/mol. The molecule has 0 unspecified atom stereocenters. The minimum Gasteiger partial charge on any atom is -0.456 e. The zero-order valence-electron chi connectivity index (χ0n) is 23.7. The lowest BCUT2D eigenvalue weighted by atomic mass is 10.0. The first-order valence-corrected chi connectivity index (χ1v) is 13.4. The van der Waals surface area contributed by atoms with Crippen LogP contribution >= 0.6 is 0 Å². The number of ether oxygens (including phenoxy) is 1. The first-order chi connectivity index (χ1) is 19.4. The molecule has 1 aromatic carbocycles. The monoisotopic (exact) mass is 569 g/mol. The molecule has 2 aromatic heterocycles. The zero-order chi connectivity index (χ0) is 29.9. The van der Waals surface area contributed by atoms with Gasteiger partial charge in [0.25, 0.3) is 6.43 Å². The van der Waals surface area contributed by atoms with Gasteiger partial charge in [-0.25, -0.2) is 32.6 Å². The molecule has 0 spiro atoms. The number of carbonyl (C=O) groups is 1. The molecular formula is C29H34F3N7O2. The molecule has 0 bridgehead atoms. The van der Waals surface area contributed by atoms with Crippen LogP contribution in [-0.2, 0) is 4.74 Å². The Morgan fingerprint density at radius 1 is 1.22 bits per heavy atom. The number of alkyl halides is 2. The molecule has 12 heteroatoms. The van der Waals surface area contributed by atoms with Crippen LogP contribution in [0.5, 0.6) is 0 Å². The smallest absolute Gasteiger partial charge is 0.342 e. The van der Waals surface area contributed by atoms with Crippen molar-refractivity contribution in [2.24, 2.45) is 16.6 Å². The molecule has 2 heterocycles. The van der Waals surface area contributed by atoms with Crippen LogP contribution in [0.2, 0.25) is 0 Å². The van der Waals surface area contributed by atoms with E-state index in [-0.39, 0.29) is 28.7 Å². The maximum Gasteiger partial charge on any atom is 0.342 e. The van der Waals surface area contributed by atoms with Crippen LogP contribution in [-0.4, -0.2) is 43.7 Å². The number of carbonyl (C=O) groups excluding carboxylic acids is 1. The van der Waals surface area contributed by atoms with Crippen LogP contribution in [0.3, 0.4) is 0 Å². The van der Waals surface area contributed by atoms with Gasteiger partial charge in [-0.3, -0.25) is 4.99 Å². The Morgan fingerprint density at radius 2 is 1.90 bits per heavy atom. The molecule has 4 rings (SSSR count). The summed E-state index contributed by atoms with van der Waals surface area (Å²) in [6.07, 6.45) is 0.842. The van der Waals surface area contributed by atoms with Crippen molar-refractivity contribution in [3.05, 3.63) is 70.6 Å². The Labute approximate surface area is 236 Å². The van der Waals surface area contributed by atoms with Crippen molar-refractivity contribution in [2.75, 3.05) is 11.9 Å². The van der Waals surface area contributed by atoms with Gasteiger partial charge in [0.15, 0.2) is 5.82 Å². The molecule has 1 aliphatic rings. The number of anilines is 1. The Balaban J connectivity index is 1.73. The highest BCUT2D eigenvalue weighted by atomic mass is 19.3. The molecule has 41 heavy (non-hydrogen) atoms. The van der Waals surface area contributed by atoms with Gasteiger partial charge in [0.2, 0.25) is 0 Å². The Hall–Kier alpha value is -4.22. The number of halogens is 3. The van der Waals surface area contributed by atoms with Crippen molar-refractivity contribution in [3.63, 3.8) is 0 Å². The van der Waals surface area contributed by atoms with Crippen LogP contribution in [0, 0.1) is 18.7 Å². The van der Waals surface area contributed by atoms with E-state index >= 15 is 0 Å². The first kappa shape index (κ1) is 29.8. The average molecular weight is 570 g/mol. The molecule has 0 atom stereocenters. The number of aryl methyl sites for hydroxylation is 1. The fourth-order valence-corrected chi connectivity index (χ4v) is 4.18. The minimum absolute atomic E-state index is 0.0192. The molecule has 3 aromatic rings. The number of nitrogens with two attached hydrogens (primary N) is 1. The molecule has 1 fully saturated rings. The molecule has 0 radical (unpaired) electrons. The van der Waals surface area contributed by atoms with E-state index in [1.54, 1.807) is 32.9 Å². The summed E-state index contributed by atoms with van der Waals surface area (Å²) in [6.45, 7) is 8.91. The third kappa shape index (κ3) is 7.30. The van der Waals surface area contributed by atoms with Gasteiger partial charge in [-0.1, -0.05) is 6.92 Å². The molecule has 0 amide bonds. The van der Waals surface area contributed by atoms with Crippen molar-refractivity contribution in [2.45, 2.75) is 65.9 Å². The van der Waals surface area contributed by atoms with E-state index in [1.807, 2.05) is 6.92 Å². The average Bonchev–Trinajstić information content (AvgIpc) is 3.66. The predicted octanol–water partition coefficient (Wildman–Crippen LogP) is 6.00. The van der Waals surface area contributed by atoms with Crippen molar-refractivity contribution in [1.82, 2.24) is 19.7 Å². The Kier molecular flexibility index (Phi) is 8.79. The maximum absolute atomic E-state index is 14.3. The quantitative estimate of drug-likeness (QED) is 0.184. The van der Waals surface area contributed by atoms with Crippen LogP contribution in [0.15, 0.2) is 47.2 Å². The second kappa shape index (κ2) is 12.1. The van der Waals surface area contributed by atoms with E-state index < -0.39 is 23.7 Å². The summed E-state index contributed by atoms with van der Waals surface area (Å²) in [6, 6.07) is 7.29. The van der Waals surface area contributed by atoms with Gasteiger partial charge in [-0.15, -0.1) is 0 Å². The number of rotatable bonds is 9. The predicted molar refractivity (Wildman–Crippen MR) is 150 cm³/mol. The lowest BCUT2D eigenvalue weighted by molar-refractivity contribution is 0.00607. The highest BCUT2D eigenvalue weighted by Gasteiger charge is 2.32. The zero-order valence-corrected chi connectivity index (χ0v) is 23.7. The number of nitrogens with zero attached hydrogens (tertiary/aromatic N) is 5. The minimum atomic E-state index is -3.04. The number of aliphatic imine (C=N–C) groups is 1. The summed E-state index contributed by atoms with van der Waals surface area (Å²) in [5, 5.41) is 7.37. The number of benzene rings is 1. The second-order valence-electron chi connectivity index (χ2n) is 10.8. The van der Waals surface area contributed by atoms with Crippen LogP contribution < -0.4 is 11.1 Å². The van der Waals surface area contributed by atoms with E-state index in [1.165, 1.54) is 31.5 Å². The largest absolute Gasteiger partial charge is 0.456 e. The lowest BCUT2D eigenvalue weighted by Gasteiger charge is -2.19. The highest BCUT2D eigenvalue weighted by Crippen LogP contribution is 2.31. The van der Waals surface area contributed by atoms with Crippen molar-refractivity contribution in [1.29, 1.82) is 0 Å². The molecule has 218 valence electrons. The maximum atomic E-state index is 14.3. The molecule has 9 nitrogen and oxygen atoms in total. The summed E-state index contributed by atoms with van der Waals surface area (Å²) in [4.78, 5) is 26.0. The number of esters is 1. The number of amidine groups is 1. The SMILES string of the molecule is CC/C(C(=NCC1CC1)Nc1cc(-n2nc(C)c(C(=O)OC(C)(C)C)c2C(F)F)ncn1)=C(/N)c1ccc(F)cc1. The van der Waals surface area contributed by atoms with Crippen molar-refractivity contribution < 1.29 is 22.7 Å².